The molecule has 0 aliphatic carbocycles. The van der Waals surface area contributed by atoms with Crippen molar-refractivity contribution in [3.8, 4) is 0 Å². The Balaban J connectivity index is 0. The van der Waals surface area contributed by atoms with Crippen LogP contribution in [0.5, 0.6) is 0 Å². The van der Waals surface area contributed by atoms with E-state index in [1.54, 1.807) is 3.69 Å². The highest BCUT2D eigenvalue weighted by molar-refractivity contribution is 6.53. The van der Waals surface area contributed by atoms with Gasteiger partial charge in [-0.15, -0.1) is 17.0 Å². The zero-order chi connectivity index (χ0) is 8.81. The molecule has 14 heavy (non-hydrogen) atoms. The maximum atomic E-state index is 2.30. The highest BCUT2D eigenvalue weighted by Gasteiger charge is 1.96. The second kappa shape index (κ2) is 10.3. The lowest BCUT2D eigenvalue weighted by Gasteiger charge is -1.98. The van der Waals surface area contributed by atoms with E-state index in [0.717, 1.165) is 0 Å². The number of benzene rings is 1. The third-order valence-corrected chi connectivity index (χ3v) is 4.09. The SMILES string of the molecule is CCC[CH2][Mg][c]1ccc(C)cc1.Cl.[AlH3]. The normalized spacial score (nSPS) is 8.14. The zero-order valence-corrected chi connectivity index (χ0v) is 10.8. The van der Waals surface area contributed by atoms with Crippen molar-refractivity contribution in [2.75, 3.05) is 0 Å². The predicted octanol–water partition coefficient (Wildman–Crippen LogP) is 1.78. The van der Waals surface area contributed by atoms with E-state index in [9.17, 15) is 0 Å². The minimum absolute atomic E-state index is 0. The first-order chi connectivity index (χ1) is 5.83. The summed E-state index contributed by atoms with van der Waals surface area (Å²) < 4.78 is 3.09. The third-order valence-electron chi connectivity index (χ3n) is 2.19. The van der Waals surface area contributed by atoms with E-state index in [1.807, 2.05) is 0 Å². The lowest BCUT2D eigenvalue weighted by molar-refractivity contribution is 0.881. The standard InChI is InChI=1S/C7H7.C4H9.Al.ClH.Mg.3H/c1-7-5-3-2-4-6-7;1-3-4-2;;;;;;/h3-6H,1H3;1,3-4H2,2H3;;1H;;;;. The van der Waals surface area contributed by atoms with E-state index in [1.165, 1.54) is 23.0 Å². The molecule has 0 bridgehead atoms. The fraction of sp³-hybridized carbons (Fsp3) is 0.455. The van der Waals surface area contributed by atoms with Crippen molar-refractivity contribution in [2.24, 2.45) is 0 Å². The van der Waals surface area contributed by atoms with Gasteiger partial charge in [-0.25, -0.2) is 0 Å². The van der Waals surface area contributed by atoms with Crippen LogP contribution in [0.1, 0.15) is 25.3 Å². The smallest absolute Gasteiger partial charge is 0.174 e. The van der Waals surface area contributed by atoms with Crippen molar-refractivity contribution in [3.05, 3.63) is 29.8 Å². The van der Waals surface area contributed by atoms with Crippen molar-refractivity contribution in [2.45, 2.75) is 31.2 Å². The van der Waals surface area contributed by atoms with Crippen molar-refractivity contribution in [1.82, 2.24) is 0 Å². The third kappa shape index (κ3) is 7.15. The Kier molecular flexibility index (Phi) is 12.7. The average molecular weight is 239 g/mol. The van der Waals surface area contributed by atoms with Gasteiger partial charge in [0.2, 0.25) is 0 Å². The molecule has 1 rings (SSSR count). The van der Waals surface area contributed by atoms with E-state index < -0.39 is 0 Å². The summed E-state index contributed by atoms with van der Waals surface area (Å²) in [5, 5.41) is 0. The van der Waals surface area contributed by atoms with Crippen LogP contribution in [-0.4, -0.2) is 37.7 Å². The molecule has 3 heteroatoms. The van der Waals surface area contributed by atoms with Crippen LogP contribution in [0.25, 0.3) is 0 Å². The van der Waals surface area contributed by atoms with E-state index >= 15 is 0 Å². The van der Waals surface area contributed by atoms with E-state index in [0.29, 0.717) is 0 Å². The van der Waals surface area contributed by atoms with Crippen molar-refractivity contribution < 1.29 is 0 Å². The van der Waals surface area contributed by atoms with Gasteiger partial charge in [-0.05, 0) is 6.92 Å². The fourth-order valence-corrected chi connectivity index (χ4v) is 3.06. The van der Waals surface area contributed by atoms with Gasteiger partial charge in [0, 0.05) is 0 Å². The van der Waals surface area contributed by atoms with Crippen molar-refractivity contribution in [3.63, 3.8) is 0 Å². The second-order valence-corrected chi connectivity index (χ2v) is 5.47. The minimum atomic E-state index is 0. The first kappa shape index (κ1) is 17.2. The summed E-state index contributed by atoms with van der Waals surface area (Å²) >= 11 is 0.0616. The number of hydrogen-bond acceptors (Lipinski definition) is 0. The van der Waals surface area contributed by atoms with Gasteiger partial charge in [-0.1, -0.05) is 49.6 Å². The van der Waals surface area contributed by atoms with Crippen LogP contribution in [0.4, 0.5) is 0 Å². The van der Waals surface area contributed by atoms with Gasteiger partial charge in [0.1, 0.15) is 0 Å². The van der Waals surface area contributed by atoms with Crippen LogP contribution >= 0.6 is 12.4 Å². The molecule has 0 radical (unpaired) electrons. The van der Waals surface area contributed by atoms with E-state index in [-0.39, 0.29) is 50.1 Å². The number of hydrogen-bond donors (Lipinski definition) is 0. The molecule has 1 aromatic carbocycles. The molecular weight excluding hydrogens is 219 g/mol. The molecule has 0 amide bonds. The number of aryl methyl sites for hydroxylation is 1. The Bertz CT molecular complexity index is 223. The predicted molar refractivity (Wildman–Crippen MR) is 73.5 cm³/mol. The Morgan fingerprint density at radius 3 is 2.21 bits per heavy atom. The highest BCUT2D eigenvalue weighted by atomic mass is 35.5. The van der Waals surface area contributed by atoms with Crippen LogP contribution in [0.3, 0.4) is 0 Å². The second-order valence-electron chi connectivity index (χ2n) is 3.44. The molecule has 0 aliphatic heterocycles. The molecule has 0 saturated heterocycles. The van der Waals surface area contributed by atoms with Crippen molar-refractivity contribution >= 4 is 53.8 Å². The molecule has 0 fully saturated rings. The Morgan fingerprint density at radius 2 is 1.71 bits per heavy atom. The Morgan fingerprint density at radius 1 is 1.14 bits per heavy atom. The summed E-state index contributed by atoms with van der Waals surface area (Å²) in [5.41, 5.74) is 1.38. The molecule has 0 N–H and O–H groups in total. The number of halogens is 1. The van der Waals surface area contributed by atoms with Crippen molar-refractivity contribution in [1.29, 1.82) is 0 Å². The molecule has 0 aromatic heterocycles. The molecular formula is C11H20AlClMg. The topological polar surface area (TPSA) is 0 Å². The van der Waals surface area contributed by atoms with Gasteiger partial charge in [0.05, 0.1) is 0 Å². The molecule has 0 unspecified atom stereocenters. The van der Waals surface area contributed by atoms with Crippen LogP contribution in [0, 0.1) is 6.92 Å². The Labute approximate surface area is 114 Å². The molecule has 1 aromatic rings. The largest absolute Gasteiger partial charge is 0.408 e. The number of unbranched alkanes of at least 4 members (excludes halogenated alkanes) is 1. The maximum absolute atomic E-state index is 2.30. The molecule has 0 heterocycles. The molecule has 76 valence electrons. The lowest BCUT2D eigenvalue weighted by atomic mass is 10.2. The highest BCUT2D eigenvalue weighted by Crippen LogP contribution is 1.96. The molecule has 0 spiro atoms. The molecule has 0 atom stereocenters. The summed E-state index contributed by atoms with van der Waals surface area (Å²) in [4.78, 5) is 0. The van der Waals surface area contributed by atoms with E-state index in [2.05, 4.69) is 38.1 Å². The quantitative estimate of drug-likeness (QED) is 0.555. The molecule has 0 aliphatic rings. The maximum Gasteiger partial charge on any atom is 0.408 e. The van der Waals surface area contributed by atoms with E-state index in [4.69, 9.17) is 0 Å². The van der Waals surface area contributed by atoms with Crippen LogP contribution in [0.15, 0.2) is 24.3 Å². The zero-order valence-electron chi connectivity index (χ0n) is 8.55. The summed E-state index contributed by atoms with van der Waals surface area (Å²) in [7, 11) is 0. The molecule has 0 saturated carbocycles. The first-order valence-electron chi connectivity index (χ1n) is 4.88. The van der Waals surface area contributed by atoms with Gasteiger partial charge < -0.3 is 0 Å². The van der Waals surface area contributed by atoms with Gasteiger partial charge >= 0.3 is 20.4 Å². The lowest BCUT2D eigenvalue weighted by Crippen LogP contribution is -2.12. The minimum Gasteiger partial charge on any atom is -0.174 e. The fourth-order valence-electron chi connectivity index (χ4n) is 1.33. The summed E-state index contributed by atoms with van der Waals surface area (Å²) in [5.74, 6) is 0. The van der Waals surface area contributed by atoms with Gasteiger partial charge in [-0.2, -0.15) is 3.69 Å². The monoisotopic (exact) mass is 238 g/mol. The number of rotatable bonds is 4. The van der Waals surface area contributed by atoms with Crippen LogP contribution < -0.4 is 3.69 Å². The molecule has 0 nitrogen and oxygen atoms in total. The van der Waals surface area contributed by atoms with Gasteiger partial charge in [0.25, 0.3) is 0 Å². The average Bonchev–Trinajstić information content (AvgIpc) is 2.09. The summed E-state index contributed by atoms with van der Waals surface area (Å²) in [6.07, 6.45) is 2.76. The van der Waals surface area contributed by atoms with Gasteiger partial charge in [-0.3, -0.25) is 0 Å². The van der Waals surface area contributed by atoms with Gasteiger partial charge in [0.15, 0.2) is 17.4 Å². The summed E-state index contributed by atoms with van der Waals surface area (Å²) in [6, 6.07) is 9.07. The summed E-state index contributed by atoms with van der Waals surface area (Å²) in [6.45, 7) is 4.42. The Hall–Kier alpha value is 0.809. The first-order valence-corrected chi connectivity index (χ1v) is 6.59. The van der Waals surface area contributed by atoms with Crippen LogP contribution in [0.2, 0.25) is 4.55 Å². The van der Waals surface area contributed by atoms with Crippen LogP contribution in [-0.2, 0) is 0 Å².